The zero-order valence-corrected chi connectivity index (χ0v) is 25.0. The molecule has 1 aliphatic heterocycles. The second-order valence-corrected chi connectivity index (χ2v) is 12.0. The number of rotatable bonds is 10. The quantitative estimate of drug-likeness (QED) is 0.319. The Labute approximate surface area is 241 Å². The number of aryl methyl sites for hydroxylation is 1. The number of nitrogens with one attached hydrogen (secondary N) is 2. The number of thiazole rings is 1. The maximum Gasteiger partial charge on any atom is 0.246 e. The highest BCUT2D eigenvalue weighted by Gasteiger charge is 2.44. The van der Waals surface area contributed by atoms with Crippen molar-refractivity contribution in [2.45, 2.75) is 84.5 Å². The van der Waals surface area contributed by atoms with Crippen LogP contribution in [0.5, 0.6) is 0 Å². The summed E-state index contributed by atoms with van der Waals surface area (Å²) < 4.78 is 0. The van der Waals surface area contributed by atoms with Crippen molar-refractivity contribution >= 4 is 41.5 Å². The van der Waals surface area contributed by atoms with E-state index in [9.17, 15) is 19.5 Å². The van der Waals surface area contributed by atoms with Gasteiger partial charge in [-0.3, -0.25) is 14.4 Å². The molecule has 39 heavy (non-hydrogen) atoms. The fourth-order valence-electron chi connectivity index (χ4n) is 4.68. The first-order valence-electron chi connectivity index (χ1n) is 13.2. The zero-order chi connectivity index (χ0) is 28.0. The molecule has 0 bridgehead atoms. The van der Waals surface area contributed by atoms with E-state index in [1.807, 2.05) is 64.4 Å². The van der Waals surface area contributed by atoms with Crippen molar-refractivity contribution < 1.29 is 19.5 Å². The number of benzene rings is 1. The van der Waals surface area contributed by atoms with Gasteiger partial charge in [0.1, 0.15) is 12.1 Å². The monoisotopic (exact) mass is 579 g/mol. The molecule has 0 aliphatic carbocycles. The van der Waals surface area contributed by atoms with Crippen molar-refractivity contribution in [3.05, 3.63) is 41.0 Å². The maximum atomic E-state index is 13.6. The zero-order valence-electron chi connectivity index (χ0n) is 23.4. The van der Waals surface area contributed by atoms with Gasteiger partial charge in [-0.05, 0) is 49.8 Å². The van der Waals surface area contributed by atoms with Gasteiger partial charge in [0.15, 0.2) is 0 Å². The van der Waals surface area contributed by atoms with E-state index in [1.165, 1.54) is 4.90 Å². The van der Waals surface area contributed by atoms with Gasteiger partial charge in [0.2, 0.25) is 17.7 Å². The van der Waals surface area contributed by atoms with Crippen molar-refractivity contribution in [3.63, 3.8) is 0 Å². The van der Waals surface area contributed by atoms with Crippen molar-refractivity contribution in [2.24, 2.45) is 11.1 Å². The number of nitrogens with two attached hydrogens (primary N) is 1. The smallest absolute Gasteiger partial charge is 0.246 e. The van der Waals surface area contributed by atoms with Gasteiger partial charge in [0.25, 0.3) is 0 Å². The third-order valence-electron chi connectivity index (χ3n) is 6.92. The Kier molecular flexibility index (Phi) is 11.9. The van der Waals surface area contributed by atoms with E-state index < -0.39 is 23.6 Å². The number of carbonyl (C=O) groups excluding carboxylic acids is 3. The molecule has 0 radical (unpaired) electrons. The number of amides is 3. The maximum absolute atomic E-state index is 13.6. The van der Waals surface area contributed by atoms with Crippen LogP contribution in [-0.4, -0.2) is 64.0 Å². The predicted molar refractivity (Wildman–Crippen MR) is 157 cm³/mol. The fourth-order valence-corrected chi connectivity index (χ4v) is 5.49. The molecule has 4 atom stereocenters. The molecule has 1 aromatic carbocycles. The van der Waals surface area contributed by atoms with Crippen LogP contribution in [0.1, 0.15) is 70.7 Å². The Morgan fingerprint density at radius 1 is 1.18 bits per heavy atom. The van der Waals surface area contributed by atoms with Gasteiger partial charge in [0.05, 0.1) is 28.2 Å². The molecule has 1 fully saturated rings. The van der Waals surface area contributed by atoms with Crippen molar-refractivity contribution in [1.29, 1.82) is 0 Å². The molecule has 11 heteroatoms. The van der Waals surface area contributed by atoms with E-state index in [0.717, 1.165) is 28.1 Å². The highest BCUT2D eigenvalue weighted by Crippen LogP contribution is 2.29. The van der Waals surface area contributed by atoms with E-state index in [1.54, 1.807) is 11.3 Å². The molecule has 2 unspecified atom stereocenters. The van der Waals surface area contributed by atoms with E-state index >= 15 is 0 Å². The second kappa shape index (κ2) is 14.2. The molecular weight excluding hydrogens is 538 g/mol. The molecule has 2 heterocycles. The van der Waals surface area contributed by atoms with Crippen LogP contribution in [0.2, 0.25) is 0 Å². The molecule has 3 rings (SSSR count). The molecule has 1 aliphatic rings. The molecular formula is C28H42ClN5O4S. The van der Waals surface area contributed by atoms with Crippen LogP contribution in [0.4, 0.5) is 0 Å². The van der Waals surface area contributed by atoms with Crippen LogP contribution >= 0.6 is 23.7 Å². The van der Waals surface area contributed by atoms with Gasteiger partial charge in [-0.1, -0.05) is 45.0 Å². The standard InChI is InChI=1S/C28H41N5O4S.ClH/c1-17(19-9-11-20(12-10-19)24-18(2)30-16-38-24)31-26(36)22-14-21(34)15-33(22)27(37)25(28(3,4)5)32-23(35)8-6-7-13-29;/h9-12,16-17,21-22,25,34H,6-8,13-15,29H2,1-5H3,(H,31,36)(H,32,35);1H/t17?,21-,22+,25?;/m1./s1. The number of hydrogen-bond donors (Lipinski definition) is 4. The van der Waals surface area contributed by atoms with Crippen LogP contribution in [0.3, 0.4) is 0 Å². The number of unbranched alkanes of at least 4 members (excludes halogenated alkanes) is 1. The molecule has 2 aromatic rings. The fraction of sp³-hybridized carbons (Fsp3) is 0.571. The summed E-state index contributed by atoms with van der Waals surface area (Å²) in [6, 6.07) is 6.03. The molecule has 9 nitrogen and oxygen atoms in total. The molecule has 3 amide bonds. The first kappa shape index (κ1) is 32.7. The third-order valence-corrected chi connectivity index (χ3v) is 7.90. The number of β-amino-alcohol motifs (C(OH)–C–C–N with tert-alkyl or cyclic N) is 1. The normalized spacial score (nSPS) is 18.7. The summed E-state index contributed by atoms with van der Waals surface area (Å²) in [7, 11) is 0. The highest BCUT2D eigenvalue weighted by atomic mass is 35.5. The number of aliphatic hydroxyl groups is 1. The number of aliphatic hydroxyl groups excluding tert-OH is 1. The Morgan fingerprint density at radius 3 is 2.41 bits per heavy atom. The summed E-state index contributed by atoms with van der Waals surface area (Å²) in [6.45, 7) is 10.0. The van der Waals surface area contributed by atoms with Gasteiger partial charge in [0, 0.05) is 19.4 Å². The minimum absolute atomic E-state index is 0. The predicted octanol–water partition coefficient (Wildman–Crippen LogP) is 3.34. The number of likely N-dealkylation sites (tertiary alicyclic amines) is 1. The minimum atomic E-state index is -0.825. The van der Waals surface area contributed by atoms with Gasteiger partial charge in [-0.15, -0.1) is 23.7 Å². The van der Waals surface area contributed by atoms with Crippen LogP contribution < -0.4 is 16.4 Å². The van der Waals surface area contributed by atoms with E-state index in [0.29, 0.717) is 13.0 Å². The van der Waals surface area contributed by atoms with E-state index in [2.05, 4.69) is 15.6 Å². The summed E-state index contributed by atoms with van der Waals surface area (Å²) in [5.41, 5.74) is 9.74. The summed E-state index contributed by atoms with van der Waals surface area (Å²) in [6.07, 6.45) is 0.988. The lowest BCUT2D eigenvalue weighted by Crippen LogP contribution is -2.57. The van der Waals surface area contributed by atoms with Gasteiger partial charge in [-0.25, -0.2) is 4.98 Å². The Morgan fingerprint density at radius 2 is 1.85 bits per heavy atom. The van der Waals surface area contributed by atoms with Crippen LogP contribution in [0, 0.1) is 12.3 Å². The molecule has 216 valence electrons. The average Bonchev–Trinajstić information content (AvgIpc) is 3.47. The first-order chi connectivity index (χ1) is 17.9. The van der Waals surface area contributed by atoms with Crippen LogP contribution in [0.15, 0.2) is 29.8 Å². The van der Waals surface area contributed by atoms with Crippen LogP contribution in [0.25, 0.3) is 10.4 Å². The number of carbonyl (C=O) groups is 3. The van der Waals surface area contributed by atoms with Gasteiger partial charge >= 0.3 is 0 Å². The summed E-state index contributed by atoms with van der Waals surface area (Å²) in [4.78, 5) is 46.4. The summed E-state index contributed by atoms with van der Waals surface area (Å²) >= 11 is 1.59. The molecule has 1 aromatic heterocycles. The first-order valence-corrected chi connectivity index (χ1v) is 14.1. The van der Waals surface area contributed by atoms with Crippen molar-refractivity contribution in [3.8, 4) is 10.4 Å². The average molecular weight is 580 g/mol. The Balaban J connectivity index is 0.00000533. The van der Waals surface area contributed by atoms with Crippen molar-refractivity contribution in [1.82, 2.24) is 20.5 Å². The largest absolute Gasteiger partial charge is 0.391 e. The third kappa shape index (κ3) is 8.48. The topological polar surface area (TPSA) is 138 Å². The van der Waals surface area contributed by atoms with Crippen LogP contribution in [-0.2, 0) is 14.4 Å². The lowest BCUT2D eigenvalue weighted by Gasteiger charge is -2.35. The molecule has 1 saturated heterocycles. The molecule has 5 N–H and O–H groups in total. The molecule has 0 saturated carbocycles. The highest BCUT2D eigenvalue weighted by molar-refractivity contribution is 7.13. The number of hydrogen-bond acceptors (Lipinski definition) is 7. The lowest BCUT2D eigenvalue weighted by atomic mass is 9.85. The second-order valence-electron chi connectivity index (χ2n) is 11.1. The summed E-state index contributed by atoms with van der Waals surface area (Å²) in [5, 5.41) is 16.3. The number of halogens is 1. The SMILES string of the molecule is Cc1ncsc1-c1ccc(C(C)NC(=O)[C@@H]2C[C@@H](O)CN2C(=O)C(NC(=O)CCCCN)C(C)(C)C)cc1.Cl. The Hall–Kier alpha value is -2.53. The Bertz CT molecular complexity index is 1120. The van der Waals surface area contributed by atoms with Gasteiger partial charge in [-0.2, -0.15) is 0 Å². The van der Waals surface area contributed by atoms with Crippen molar-refractivity contribution in [2.75, 3.05) is 13.1 Å². The lowest BCUT2D eigenvalue weighted by molar-refractivity contribution is -0.144. The van der Waals surface area contributed by atoms with E-state index in [-0.39, 0.29) is 55.6 Å². The number of aromatic nitrogens is 1. The van der Waals surface area contributed by atoms with Gasteiger partial charge < -0.3 is 26.4 Å². The van der Waals surface area contributed by atoms with E-state index in [4.69, 9.17) is 5.73 Å². The molecule has 0 spiro atoms. The number of nitrogens with zero attached hydrogens (tertiary/aromatic N) is 2. The summed E-state index contributed by atoms with van der Waals surface area (Å²) in [5.74, 6) is -0.914. The minimum Gasteiger partial charge on any atom is -0.391 e.